The molecule has 0 aliphatic rings. The molecule has 0 saturated heterocycles. The van der Waals surface area contributed by atoms with E-state index >= 15 is 0 Å². The Morgan fingerprint density at radius 2 is 2.00 bits per heavy atom. The second-order valence-corrected chi connectivity index (χ2v) is 4.50. The molecule has 0 radical (unpaired) electrons. The third kappa shape index (κ3) is 4.45. The van der Waals surface area contributed by atoms with Gasteiger partial charge in [0.25, 0.3) is 6.43 Å². The van der Waals surface area contributed by atoms with Crippen molar-refractivity contribution in [1.82, 2.24) is 4.90 Å². The topological polar surface area (TPSA) is 3.24 Å². The van der Waals surface area contributed by atoms with Crippen molar-refractivity contribution < 1.29 is 8.78 Å². The summed E-state index contributed by atoms with van der Waals surface area (Å²) in [5.74, 6) is 0.197. The van der Waals surface area contributed by atoms with E-state index in [-0.39, 0.29) is 12.5 Å². The van der Waals surface area contributed by atoms with Gasteiger partial charge >= 0.3 is 0 Å². The van der Waals surface area contributed by atoms with Crippen molar-refractivity contribution in [3.05, 3.63) is 34.9 Å². The summed E-state index contributed by atoms with van der Waals surface area (Å²) in [4.78, 5) is 1.64. The molecule has 4 heteroatoms. The predicted molar refractivity (Wildman–Crippen MR) is 63.4 cm³/mol. The average Bonchev–Trinajstić information content (AvgIpc) is 2.16. The Balaban J connectivity index is 2.55. The van der Waals surface area contributed by atoms with Gasteiger partial charge in [-0.15, -0.1) is 0 Å². The summed E-state index contributed by atoms with van der Waals surface area (Å²) in [5.41, 5.74) is 1.08. The maximum atomic E-state index is 12.1. The molecule has 0 fully saturated rings. The Kier molecular flexibility index (Phi) is 5.16. The molecule has 1 rings (SSSR count). The molecule has 0 aliphatic heterocycles. The van der Waals surface area contributed by atoms with Crippen molar-refractivity contribution in [3.63, 3.8) is 0 Å². The molecule has 0 aliphatic carbocycles. The molecule has 16 heavy (non-hydrogen) atoms. The summed E-state index contributed by atoms with van der Waals surface area (Å²) in [6, 6.07) is 7.52. The molecule has 0 heterocycles. The van der Waals surface area contributed by atoms with Gasteiger partial charge in [-0.1, -0.05) is 30.7 Å². The molecule has 0 amide bonds. The molecule has 0 spiro atoms. The molecule has 0 N–H and O–H groups in total. The van der Waals surface area contributed by atoms with Crippen LogP contribution in [0, 0.1) is 0 Å². The van der Waals surface area contributed by atoms with Crippen molar-refractivity contribution in [2.24, 2.45) is 0 Å². The zero-order valence-corrected chi connectivity index (χ0v) is 10.2. The summed E-state index contributed by atoms with van der Waals surface area (Å²) >= 11 is 5.88. The Hall–Kier alpha value is -0.670. The van der Waals surface area contributed by atoms with E-state index in [1.807, 2.05) is 25.1 Å². The van der Waals surface area contributed by atoms with Gasteiger partial charge in [0.1, 0.15) is 0 Å². The maximum absolute atomic E-state index is 12.1. The van der Waals surface area contributed by atoms with Crippen molar-refractivity contribution in [2.75, 3.05) is 20.1 Å². The SMILES string of the molecule is CC(CN(C)CC(F)F)c1cccc(Cl)c1. The molecular formula is C12H16ClF2N. The molecule has 1 nitrogen and oxygen atoms in total. The first kappa shape index (κ1) is 13.4. The highest BCUT2D eigenvalue weighted by Crippen LogP contribution is 2.20. The lowest BCUT2D eigenvalue weighted by Crippen LogP contribution is -2.28. The lowest BCUT2D eigenvalue weighted by molar-refractivity contribution is 0.0983. The summed E-state index contributed by atoms with van der Waals surface area (Å²) in [7, 11) is 1.70. The van der Waals surface area contributed by atoms with Gasteiger partial charge in [0.15, 0.2) is 0 Å². The third-order valence-corrected chi connectivity index (χ3v) is 2.69. The Morgan fingerprint density at radius 3 is 2.56 bits per heavy atom. The number of halogens is 3. The first-order valence-corrected chi connectivity index (χ1v) is 5.59. The summed E-state index contributed by atoms with van der Waals surface area (Å²) in [6.45, 7) is 2.42. The molecule has 1 unspecified atom stereocenters. The lowest BCUT2D eigenvalue weighted by Gasteiger charge is -2.21. The van der Waals surface area contributed by atoms with E-state index in [0.29, 0.717) is 11.6 Å². The van der Waals surface area contributed by atoms with Crippen LogP contribution < -0.4 is 0 Å². The molecular weight excluding hydrogens is 232 g/mol. The number of hydrogen-bond acceptors (Lipinski definition) is 1. The van der Waals surface area contributed by atoms with Crippen LogP contribution in [-0.4, -0.2) is 31.5 Å². The highest BCUT2D eigenvalue weighted by Gasteiger charge is 2.12. The summed E-state index contributed by atoms with van der Waals surface area (Å²) < 4.78 is 24.3. The van der Waals surface area contributed by atoms with Crippen LogP contribution >= 0.6 is 11.6 Å². The molecule has 0 saturated carbocycles. The van der Waals surface area contributed by atoms with Gasteiger partial charge in [0.05, 0.1) is 6.54 Å². The van der Waals surface area contributed by atoms with Gasteiger partial charge in [-0.05, 0) is 30.7 Å². The third-order valence-electron chi connectivity index (χ3n) is 2.45. The van der Waals surface area contributed by atoms with E-state index in [0.717, 1.165) is 5.56 Å². The van der Waals surface area contributed by atoms with Crippen LogP contribution in [0.1, 0.15) is 18.4 Å². The number of rotatable bonds is 5. The molecule has 1 aromatic rings. The van der Waals surface area contributed by atoms with E-state index in [1.165, 1.54) is 0 Å². The van der Waals surface area contributed by atoms with Crippen LogP contribution in [-0.2, 0) is 0 Å². The van der Waals surface area contributed by atoms with Gasteiger partial charge < -0.3 is 4.90 Å². The van der Waals surface area contributed by atoms with Crippen LogP contribution in [0.25, 0.3) is 0 Å². The number of hydrogen-bond donors (Lipinski definition) is 0. The first-order chi connectivity index (χ1) is 7.49. The Labute approximate surface area is 100 Å². The van der Waals surface area contributed by atoms with Crippen molar-refractivity contribution in [2.45, 2.75) is 19.3 Å². The Bertz CT molecular complexity index is 331. The van der Waals surface area contributed by atoms with Crippen LogP contribution in [0.4, 0.5) is 8.78 Å². The fraction of sp³-hybridized carbons (Fsp3) is 0.500. The monoisotopic (exact) mass is 247 g/mol. The zero-order valence-electron chi connectivity index (χ0n) is 9.46. The van der Waals surface area contributed by atoms with Gasteiger partial charge in [-0.2, -0.15) is 0 Å². The van der Waals surface area contributed by atoms with Crippen LogP contribution in [0.15, 0.2) is 24.3 Å². The van der Waals surface area contributed by atoms with Crippen LogP contribution in [0.3, 0.4) is 0 Å². The number of benzene rings is 1. The second kappa shape index (κ2) is 6.16. The summed E-state index contributed by atoms with van der Waals surface area (Å²) in [5, 5.41) is 0.681. The molecule has 90 valence electrons. The Morgan fingerprint density at radius 1 is 1.31 bits per heavy atom. The minimum absolute atomic E-state index is 0.190. The van der Waals surface area contributed by atoms with Gasteiger partial charge in [-0.3, -0.25) is 0 Å². The largest absolute Gasteiger partial charge is 0.300 e. The van der Waals surface area contributed by atoms with Gasteiger partial charge in [-0.25, -0.2) is 8.78 Å². The van der Waals surface area contributed by atoms with E-state index in [4.69, 9.17) is 11.6 Å². The van der Waals surface area contributed by atoms with Crippen LogP contribution in [0.2, 0.25) is 5.02 Å². The van der Waals surface area contributed by atoms with Crippen molar-refractivity contribution >= 4 is 11.6 Å². The minimum atomic E-state index is -2.28. The second-order valence-electron chi connectivity index (χ2n) is 4.07. The number of likely N-dealkylation sites (N-methyl/N-ethyl adjacent to an activating group) is 1. The smallest absolute Gasteiger partial charge is 0.251 e. The zero-order chi connectivity index (χ0) is 12.1. The normalized spacial score (nSPS) is 13.4. The highest BCUT2D eigenvalue weighted by atomic mass is 35.5. The van der Waals surface area contributed by atoms with E-state index in [1.54, 1.807) is 18.0 Å². The average molecular weight is 248 g/mol. The first-order valence-electron chi connectivity index (χ1n) is 5.21. The summed E-state index contributed by atoms with van der Waals surface area (Å²) in [6.07, 6.45) is -2.28. The maximum Gasteiger partial charge on any atom is 0.251 e. The van der Waals surface area contributed by atoms with E-state index < -0.39 is 6.43 Å². The van der Waals surface area contributed by atoms with Gasteiger partial charge in [0.2, 0.25) is 0 Å². The molecule has 1 atom stereocenters. The van der Waals surface area contributed by atoms with E-state index in [9.17, 15) is 8.78 Å². The molecule has 0 aromatic heterocycles. The molecule has 1 aromatic carbocycles. The van der Waals surface area contributed by atoms with Crippen LogP contribution in [0.5, 0.6) is 0 Å². The van der Waals surface area contributed by atoms with Crippen molar-refractivity contribution in [3.8, 4) is 0 Å². The fourth-order valence-corrected chi connectivity index (χ4v) is 1.89. The van der Waals surface area contributed by atoms with Gasteiger partial charge in [0, 0.05) is 11.6 Å². The predicted octanol–water partition coefficient (Wildman–Crippen LogP) is 3.64. The number of nitrogens with zero attached hydrogens (tertiary/aromatic N) is 1. The lowest BCUT2D eigenvalue weighted by atomic mass is 10.0. The highest BCUT2D eigenvalue weighted by molar-refractivity contribution is 6.30. The molecule has 0 bridgehead atoms. The fourth-order valence-electron chi connectivity index (χ4n) is 1.70. The van der Waals surface area contributed by atoms with Crippen molar-refractivity contribution in [1.29, 1.82) is 0 Å². The minimum Gasteiger partial charge on any atom is -0.300 e. The number of alkyl halides is 2. The van der Waals surface area contributed by atoms with E-state index in [2.05, 4.69) is 0 Å². The quantitative estimate of drug-likeness (QED) is 0.768. The standard InChI is InChI=1S/C12H16ClF2N/c1-9(7-16(2)8-12(14)15)10-4-3-5-11(13)6-10/h3-6,9,12H,7-8H2,1-2H3.